The molecule has 1 fully saturated rings. The van der Waals surface area contributed by atoms with Crippen LogP contribution in [0.4, 0.5) is 0 Å². The van der Waals surface area contributed by atoms with Crippen molar-refractivity contribution in [2.75, 3.05) is 6.16 Å². The molecule has 4 heteroatoms. The maximum absolute atomic E-state index is 15.7. The minimum absolute atomic E-state index is 0.0184. The lowest BCUT2D eigenvalue weighted by Crippen LogP contribution is -2.49. The third-order valence-electron chi connectivity index (χ3n) is 8.46. The highest BCUT2D eigenvalue weighted by Crippen LogP contribution is 2.70. The lowest BCUT2D eigenvalue weighted by atomic mass is 9.76. The lowest BCUT2D eigenvalue weighted by molar-refractivity contribution is 0.177. The van der Waals surface area contributed by atoms with Gasteiger partial charge in [0.25, 0.3) is 7.52 Å². The van der Waals surface area contributed by atoms with Crippen LogP contribution >= 0.6 is 7.52 Å². The summed E-state index contributed by atoms with van der Waals surface area (Å²) < 4.78 is 24.8. The first-order valence-electron chi connectivity index (χ1n) is 14.0. The van der Waals surface area contributed by atoms with Gasteiger partial charge < -0.3 is 4.52 Å². The first kappa shape index (κ1) is 27.6. The van der Waals surface area contributed by atoms with Crippen LogP contribution in [-0.4, -0.2) is 16.9 Å². The molecule has 0 saturated carbocycles. The Morgan fingerprint density at radius 1 is 0.718 bits per heavy atom. The van der Waals surface area contributed by atoms with Crippen LogP contribution < -0.4 is 0 Å². The summed E-state index contributed by atoms with van der Waals surface area (Å²) >= 11 is 0. The van der Waals surface area contributed by atoms with Gasteiger partial charge in [0.1, 0.15) is 11.6 Å². The van der Waals surface area contributed by atoms with Crippen molar-refractivity contribution in [3.8, 4) is 0 Å². The lowest BCUT2D eigenvalue weighted by Gasteiger charge is -2.47. The van der Waals surface area contributed by atoms with Crippen molar-refractivity contribution in [2.45, 2.75) is 52.3 Å². The van der Waals surface area contributed by atoms with Crippen molar-refractivity contribution in [1.82, 2.24) is 4.67 Å². The number of nitrogens with zero attached hydrogens (tertiary/aromatic N) is 1. The van der Waals surface area contributed by atoms with E-state index in [9.17, 15) is 0 Å². The number of benzene rings is 4. The number of rotatable bonds is 7. The zero-order valence-electron chi connectivity index (χ0n) is 23.7. The summed E-state index contributed by atoms with van der Waals surface area (Å²) in [5, 5.41) is 0. The van der Waals surface area contributed by atoms with Crippen molar-refractivity contribution >= 4 is 7.52 Å². The van der Waals surface area contributed by atoms with Gasteiger partial charge in [-0.25, -0.2) is 4.67 Å². The van der Waals surface area contributed by atoms with E-state index in [0.29, 0.717) is 6.16 Å². The molecule has 1 saturated heterocycles. The second-order valence-electron chi connectivity index (χ2n) is 11.9. The van der Waals surface area contributed by atoms with Gasteiger partial charge in [0.15, 0.2) is 0 Å². The van der Waals surface area contributed by atoms with Crippen molar-refractivity contribution in [3.05, 3.63) is 144 Å². The molecule has 0 aromatic heterocycles. The first-order chi connectivity index (χ1) is 18.7. The Morgan fingerprint density at radius 2 is 1.10 bits per heavy atom. The Morgan fingerprint density at radius 3 is 1.49 bits per heavy atom. The highest BCUT2D eigenvalue weighted by molar-refractivity contribution is 7.56. The fourth-order valence-electron chi connectivity index (χ4n) is 5.92. The summed E-state index contributed by atoms with van der Waals surface area (Å²) in [7, 11) is -3.40. The van der Waals surface area contributed by atoms with Crippen LogP contribution in [0, 0.1) is 11.3 Å². The van der Waals surface area contributed by atoms with E-state index in [1.807, 2.05) is 36.4 Å². The minimum Gasteiger partial charge on any atom is -0.307 e. The van der Waals surface area contributed by atoms with Crippen LogP contribution in [0.15, 0.2) is 121 Å². The topological polar surface area (TPSA) is 29.5 Å². The molecule has 0 N–H and O–H groups in total. The van der Waals surface area contributed by atoms with Crippen molar-refractivity contribution in [1.29, 1.82) is 0 Å². The van der Waals surface area contributed by atoms with E-state index < -0.39 is 13.1 Å². The number of hydrogen-bond donors (Lipinski definition) is 0. The van der Waals surface area contributed by atoms with Crippen LogP contribution in [0.3, 0.4) is 0 Å². The fourth-order valence-corrected chi connectivity index (χ4v) is 9.66. The summed E-state index contributed by atoms with van der Waals surface area (Å²) in [5.41, 5.74) is 3.45. The Kier molecular flexibility index (Phi) is 7.71. The van der Waals surface area contributed by atoms with Gasteiger partial charge in [-0.05, 0) is 40.5 Å². The third-order valence-corrected chi connectivity index (χ3v) is 11.3. The molecule has 1 aliphatic heterocycles. The van der Waals surface area contributed by atoms with Gasteiger partial charge in [-0.3, -0.25) is 4.57 Å². The molecule has 1 aliphatic rings. The van der Waals surface area contributed by atoms with Gasteiger partial charge in [0.05, 0.1) is 0 Å². The number of hydrogen-bond acceptors (Lipinski definition) is 2. The Balaban J connectivity index is 1.84. The molecular formula is C35H40NO2P. The molecular weight excluding hydrogens is 497 g/mol. The van der Waals surface area contributed by atoms with E-state index in [0.717, 1.165) is 22.3 Å². The maximum atomic E-state index is 15.7. The van der Waals surface area contributed by atoms with Crippen LogP contribution in [0.5, 0.6) is 0 Å². The Hall–Kier alpha value is -2.97. The second-order valence-corrected chi connectivity index (χ2v) is 14.2. The van der Waals surface area contributed by atoms with E-state index >= 15 is 4.57 Å². The van der Waals surface area contributed by atoms with E-state index in [1.54, 1.807) is 0 Å². The Labute approximate surface area is 234 Å². The molecule has 0 bridgehead atoms. The van der Waals surface area contributed by atoms with Crippen molar-refractivity contribution in [3.63, 3.8) is 0 Å². The average Bonchev–Trinajstić information content (AvgIpc) is 3.21. The predicted octanol–water partition coefficient (Wildman–Crippen LogP) is 9.32. The molecule has 4 aromatic carbocycles. The van der Waals surface area contributed by atoms with E-state index in [-0.39, 0.29) is 23.5 Å². The monoisotopic (exact) mass is 537 g/mol. The molecule has 0 aliphatic carbocycles. The van der Waals surface area contributed by atoms with E-state index in [1.165, 1.54) is 0 Å². The molecule has 0 radical (unpaired) electrons. The molecule has 5 rings (SSSR count). The average molecular weight is 538 g/mol. The summed E-state index contributed by atoms with van der Waals surface area (Å²) in [5.74, 6) is 0.174. The van der Waals surface area contributed by atoms with Gasteiger partial charge in [-0.1, -0.05) is 149 Å². The van der Waals surface area contributed by atoms with Gasteiger partial charge >= 0.3 is 0 Å². The zero-order chi connectivity index (χ0) is 27.7. The molecule has 1 unspecified atom stereocenters. The van der Waals surface area contributed by atoms with Crippen molar-refractivity contribution in [2.24, 2.45) is 11.3 Å². The molecule has 0 amide bonds. The van der Waals surface area contributed by atoms with E-state index in [4.69, 9.17) is 4.52 Å². The molecule has 4 atom stereocenters. The summed E-state index contributed by atoms with van der Waals surface area (Å²) in [6, 6.07) is 41.7. The predicted molar refractivity (Wildman–Crippen MR) is 162 cm³/mol. The van der Waals surface area contributed by atoms with Gasteiger partial charge in [-0.2, -0.15) is 0 Å². The molecule has 3 nitrogen and oxygen atoms in total. The quantitative estimate of drug-likeness (QED) is 0.174. The molecule has 4 aromatic rings. The molecule has 39 heavy (non-hydrogen) atoms. The standard InChI is InChI=1S/C35H40NO2P/c1-27(34(3,4)5)26-39(37)36(28(2)33(38-39)29-18-10-6-11-19-29)35(30-20-12-7-13-21-30,31-22-14-8-15-23-31)32-24-16-9-17-25-32/h6-25,27-28,33H,26H2,1-5H3/t27-,28-,33-,39?/m0/s1. The molecule has 0 spiro atoms. The molecule has 202 valence electrons. The first-order valence-corrected chi connectivity index (χ1v) is 15.7. The molecule has 1 heterocycles. The summed E-state index contributed by atoms with van der Waals surface area (Å²) in [6.07, 6.45) is 0.151. The van der Waals surface area contributed by atoms with Gasteiger partial charge in [-0.15, -0.1) is 0 Å². The normalized spacial score (nSPS) is 23.0. The van der Waals surface area contributed by atoms with Crippen LogP contribution in [-0.2, 0) is 14.6 Å². The smallest absolute Gasteiger partial charge is 0.275 e. The van der Waals surface area contributed by atoms with Gasteiger partial charge in [0.2, 0.25) is 0 Å². The zero-order valence-corrected chi connectivity index (χ0v) is 24.6. The Bertz CT molecular complexity index is 1300. The second kappa shape index (κ2) is 10.9. The minimum atomic E-state index is -3.40. The van der Waals surface area contributed by atoms with E-state index in [2.05, 4.69) is 124 Å². The van der Waals surface area contributed by atoms with Crippen molar-refractivity contribution < 1.29 is 9.09 Å². The van der Waals surface area contributed by atoms with Crippen LogP contribution in [0.25, 0.3) is 0 Å². The maximum Gasteiger partial charge on any atom is 0.275 e. The van der Waals surface area contributed by atoms with Crippen LogP contribution in [0.1, 0.15) is 63.0 Å². The largest absolute Gasteiger partial charge is 0.307 e. The highest BCUT2D eigenvalue weighted by Gasteiger charge is 2.59. The highest BCUT2D eigenvalue weighted by atomic mass is 31.2. The third kappa shape index (κ3) is 5.05. The SMILES string of the molecule is C[C@H]1[C@@H](c2ccccc2)OP(=O)(C[C@H](C)C(C)(C)C)N1C(c1ccccc1)(c1ccccc1)c1ccccc1. The summed E-state index contributed by atoms with van der Waals surface area (Å²) in [6.45, 7) is 11.1. The summed E-state index contributed by atoms with van der Waals surface area (Å²) in [4.78, 5) is 0. The van der Waals surface area contributed by atoms with Crippen LogP contribution in [0.2, 0.25) is 0 Å². The fraction of sp³-hybridized carbons (Fsp3) is 0.314. The van der Waals surface area contributed by atoms with Gasteiger partial charge in [0, 0.05) is 12.2 Å².